The van der Waals surface area contributed by atoms with Crippen LogP contribution in [0.2, 0.25) is 4.71 Å². The minimum absolute atomic E-state index is 0.730. The number of anilines is 2. The molecule has 2 heterocycles. The number of nitrogens with one attached hydrogen (secondary N) is 1. The minimum atomic E-state index is 0.730. The first-order valence-electron chi connectivity index (χ1n) is 7.42. The Kier molecular flexibility index (Phi) is 4.76. The zero-order valence-electron chi connectivity index (χ0n) is 12.1. The molecule has 0 amide bonds. The normalized spacial score (nSPS) is 18.0. The standard InChI is InChI=1S/C16H21AsN4/c17-14-8-11-21(12-14)15-7-10-19-16(20-15)18-9-6-13-4-2-1-3-5-13/h1-5,7,10,14H,6,8-9,11-12,17H2,(H,18,19,20). The second-order valence-electron chi connectivity index (χ2n) is 5.40. The zero-order valence-corrected chi connectivity index (χ0v) is 14.5. The van der Waals surface area contributed by atoms with Gasteiger partial charge in [0.1, 0.15) is 0 Å². The molecule has 110 valence electrons. The third kappa shape index (κ3) is 3.98. The Morgan fingerprint density at radius 3 is 2.86 bits per heavy atom. The van der Waals surface area contributed by atoms with Crippen molar-refractivity contribution in [2.45, 2.75) is 17.5 Å². The van der Waals surface area contributed by atoms with E-state index in [0.717, 1.165) is 42.5 Å². The van der Waals surface area contributed by atoms with E-state index in [-0.39, 0.29) is 0 Å². The average Bonchev–Trinajstić information content (AvgIpc) is 2.95. The van der Waals surface area contributed by atoms with Crippen molar-refractivity contribution in [2.75, 3.05) is 29.9 Å². The van der Waals surface area contributed by atoms with Crippen LogP contribution in [0.5, 0.6) is 0 Å². The van der Waals surface area contributed by atoms with Gasteiger partial charge in [-0.1, -0.05) is 6.07 Å². The molecular formula is C16H21AsN4. The average molecular weight is 344 g/mol. The summed E-state index contributed by atoms with van der Waals surface area (Å²) in [7, 11) is 0. The van der Waals surface area contributed by atoms with Crippen LogP contribution < -0.4 is 10.2 Å². The van der Waals surface area contributed by atoms with Gasteiger partial charge in [0, 0.05) is 0 Å². The molecule has 1 saturated heterocycles. The Bertz CT molecular complexity index is 575. The third-order valence-electron chi connectivity index (χ3n) is 3.73. The van der Waals surface area contributed by atoms with Crippen LogP contribution in [0.1, 0.15) is 12.0 Å². The van der Waals surface area contributed by atoms with Gasteiger partial charge in [-0.15, -0.1) is 0 Å². The van der Waals surface area contributed by atoms with Crippen LogP contribution in [-0.2, 0) is 6.42 Å². The fourth-order valence-corrected chi connectivity index (χ4v) is 3.42. The maximum absolute atomic E-state index is 4.63. The monoisotopic (exact) mass is 344 g/mol. The SMILES string of the molecule is [AsH2]C1CCN(c2ccnc(NCCc3ccccc3)n2)C1. The van der Waals surface area contributed by atoms with Crippen molar-refractivity contribution >= 4 is 28.6 Å². The molecule has 21 heavy (non-hydrogen) atoms. The summed E-state index contributed by atoms with van der Waals surface area (Å²) in [5.74, 6) is 1.78. The van der Waals surface area contributed by atoms with Gasteiger partial charge < -0.3 is 0 Å². The molecule has 0 radical (unpaired) electrons. The number of benzene rings is 1. The van der Waals surface area contributed by atoms with Gasteiger partial charge in [-0.3, -0.25) is 0 Å². The van der Waals surface area contributed by atoms with Gasteiger partial charge in [0.25, 0.3) is 0 Å². The molecule has 1 aliphatic heterocycles. The van der Waals surface area contributed by atoms with Crippen molar-refractivity contribution in [1.29, 1.82) is 0 Å². The number of hydrogen-bond acceptors (Lipinski definition) is 4. The molecule has 1 aliphatic rings. The Labute approximate surface area is 134 Å². The Balaban J connectivity index is 1.56. The van der Waals surface area contributed by atoms with E-state index in [1.807, 2.05) is 35.2 Å². The molecule has 2 aromatic rings. The second kappa shape index (κ2) is 6.95. The first-order valence-corrected chi connectivity index (χ1v) is 8.82. The van der Waals surface area contributed by atoms with Gasteiger partial charge in [0.15, 0.2) is 0 Å². The Hall–Kier alpha value is -1.54. The van der Waals surface area contributed by atoms with Crippen LogP contribution in [0.25, 0.3) is 0 Å². The van der Waals surface area contributed by atoms with Crippen molar-refractivity contribution in [3.05, 3.63) is 48.2 Å². The van der Waals surface area contributed by atoms with Crippen LogP contribution in [0.4, 0.5) is 11.8 Å². The topological polar surface area (TPSA) is 41.1 Å². The fourth-order valence-electron chi connectivity index (χ4n) is 2.57. The van der Waals surface area contributed by atoms with Crippen molar-refractivity contribution in [1.82, 2.24) is 9.97 Å². The van der Waals surface area contributed by atoms with Crippen LogP contribution in [0.15, 0.2) is 42.6 Å². The van der Waals surface area contributed by atoms with Crippen molar-refractivity contribution in [3.63, 3.8) is 0 Å². The number of nitrogens with zero attached hydrogens (tertiary/aromatic N) is 3. The van der Waals surface area contributed by atoms with E-state index in [0.29, 0.717) is 0 Å². The summed E-state index contributed by atoms with van der Waals surface area (Å²) in [4.78, 5) is 11.3. The first kappa shape index (κ1) is 14.4. The van der Waals surface area contributed by atoms with Crippen molar-refractivity contribution in [2.24, 2.45) is 0 Å². The first-order chi connectivity index (χ1) is 10.3. The van der Waals surface area contributed by atoms with Crippen LogP contribution in [-0.4, -0.2) is 46.5 Å². The van der Waals surface area contributed by atoms with E-state index >= 15 is 0 Å². The van der Waals surface area contributed by atoms with Gasteiger partial charge in [-0.2, -0.15) is 0 Å². The van der Waals surface area contributed by atoms with E-state index in [4.69, 9.17) is 0 Å². The summed E-state index contributed by atoms with van der Waals surface area (Å²) in [6.07, 6.45) is 4.11. The fraction of sp³-hybridized carbons (Fsp3) is 0.375. The van der Waals surface area contributed by atoms with Crippen LogP contribution in [0, 0.1) is 0 Å². The molecule has 1 fully saturated rings. The summed E-state index contributed by atoms with van der Waals surface area (Å²) in [5, 5.41) is 3.32. The summed E-state index contributed by atoms with van der Waals surface area (Å²) in [6, 6.07) is 12.5. The van der Waals surface area contributed by atoms with Gasteiger partial charge >= 0.3 is 128 Å². The molecule has 4 nitrogen and oxygen atoms in total. The van der Waals surface area contributed by atoms with Gasteiger partial charge in [-0.05, 0) is 0 Å². The zero-order chi connectivity index (χ0) is 14.5. The van der Waals surface area contributed by atoms with Gasteiger partial charge in [0.2, 0.25) is 0 Å². The van der Waals surface area contributed by atoms with Crippen molar-refractivity contribution in [3.8, 4) is 0 Å². The maximum atomic E-state index is 4.63. The molecule has 0 aliphatic carbocycles. The quantitative estimate of drug-likeness (QED) is 0.840. The van der Waals surface area contributed by atoms with Crippen molar-refractivity contribution < 1.29 is 0 Å². The molecule has 0 spiro atoms. The summed E-state index contributed by atoms with van der Waals surface area (Å²) >= 11 is 1.84. The molecule has 3 rings (SSSR count). The summed E-state index contributed by atoms with van der Waals surface area (Å²) in [6.45, 7) is 3.09. The molecule has 1 N–H and O–H groups in total. The van der Waals surface area contributed by atoms with Gasteiger partial charge in [0.05, 0.1) is 0 Å². The van der Waals surface area contributed by atoms with Crippen LogP contribution >= 0.6 is 0 Å². The predicted molar refractivity (Wildman–Crippen MR) is 89.8 cm³/mol. The van der Waals surface area contributed by atoms with E-state index in [1.54, 1.807) is 0 Å². The molecule has 2 unspecified atom stereocenters. The molecule has 0 bridgehead atoms. The van der Waals surface area contributed by atoms with E-state index in [9.17, 15) is 0 Å². The number of hydrogen-bond donors (Lipinski definition) is 1. The molecule has 0 saturated carbocycles. The predicted octanol–water partition coefficient (Wildman–Crippen LogP) is 1.76. The second-order valence-corrected chi connectivity index (χ2v) is 7.37. The molecule has 2 atom stereocenters. The molecule has 1 aromatic heterocycles. The summed E-state index contributed by atoms with van der Waals surface area (Å²) in [5.41, 5.74) is 1.33. The van der Waals surface area contributed by atoms with Crippen LogP contribution in [0.3, 0.4) is 0 Å². The number of aromatic nitrogens is 2. The molecule has 1 aromatic carbocycles. The molecule has 5 heteroatoms. The van der Waals surface area contributed by atoms with E-state index in [1.165, 1.54) is 12.0 Å². The third-order valence-corrected chi connectivity index (χ3v) is 4.87. The van der Waals surface area contributed by atoms with Gasteiger partial charge in [-0.25, -0.2) is 0 Å². The summed E-state index contributed by atoms with van der Waals surface area (Å²) < 4.78 is 0.821. The van der Waals surface area contributed by atoms with E-state index in [2.05, 4.69) is 44.5 Å². The Morgan fingerprint density at radius 2 is 2.10 bits per heavy atom. The number of rotatable bonds is 5. The molecular weight excluding hydrogens is 323 g/mol. The Morgan fingerprint density at radius 1 is 1.24 bits per heavy atom. The van der Waals surface area contributed by atoms with E-state index < -0.39 is 0 Å².